The van der Waals surface area contributed by atoms with Crippen LogP contribution in [-0.4, -0.2) is 34.8 Å². The van der Waals surface area contributed by atoms with Crippen molar-refractivity contribution >= 4 is 17.7 Å². The van der Waals surface area contributed by atoms with E-state index in [1.807, 2.05) is 35.4 Å². The summed E-state index contributed by atoms with van der Waals surface area (Å²) in [7, 11) is 0. The zero-order chi connectivity index (χ0) is 22.9. The lowest BCUT2D eigenvalue weighted by atomic mass is 9.91. The molecule has 1 aromatic heterocycles. The molecule has 1 saturated heterocycles. The van der Waals surface area contributed by atoms with Crippen molar-refractivity contribution in [3.8, 4) is 0 Å². The highest BCUT2D eigenvalue weighted by Gasteiger charge is 2.57. The number of hydrogen-bond acceptors (Lipinski definition) is 5. The predicted molar refractivity (Wildman–Crippen MR) is 126 cm³/mol. The summed E-state index contributed by atoms with van der Waals surface area (Å²) in [6.07, 6.45) is 4.20. The van der Waals surface area contributed by atoms with Crippen LogP contribution in [0.2, 0.25) is 0 Å². The second kappa shape index (κ2) is 6.92. The summed E-state index contributed by atoms with van der Waals surface area (Å²) < 4.78 is 5.85. The summed E-state index contributed by atoms with van der Waals surface area (Å²) in [5.41, 5.74) is 4.03. The molecular weight excluding hydrogens is 426 g/mol. The summed E-state index contributed by atoms with van der Waals surface area (Å²) >= 11 is 0. The van der Waals surface area contributed by atoms with Crippen LogP contribution >= 0.6 is 0 Å². The van der Waals surface area contributed by atoms with Gasteiger partial charge in [-0.1, -0.05) is 48.5 Å². The molecule has 34 heavy (non-hydrogen) atoms. The highest BCUT2D eigenvalue weighted by Crippen LogP contribution is 2.52. The lowest BCUT2D eigenvalue weighted by Crippen LogP contribution is -2.40. The third kappa shape index (κ3) is 2.77. The molecule has 170 valence electrons. The van der Waals surface area contributed by atoms with Crippen molar-refractivity contribution in [2.75, 3.05) is 18.0 Å². The van der Waals surface area contributed by atoms with Crippen LogP contribution in [0.3, 0.4) is 0 Å². The van der Waals surface area contributed by atoms with Gasteiger partial charge >= 0.3 is 5.97 Å². The van der Waals surface area contributed by atoms with Crippen molar-refractivity contribution in [2.24, 2.45) is 0 Å². The van der Waals surface area contributed by atoms with Crippen molar-refractivity contribution < 1.29 is 14.3 Å². The number of esters is 1. The number of nitrogens with zero attached hydrogens (tertiary/aromatic N) is 3. The normalized spacial score (nSPS) is 23.7. The number of likely N-dealkylation sites (tertiary alicyclic amines) is 1. The van der Waals surface area contributed by atoms with Crippen molar-refractivity contribution in [1.29, 1.82) is 0 Å². The average molecular weight is 452 g/mol. The number of fused-ring (bicyclic) bond motifs is 3. The molecule has 1 amide bonds. The number of amides is 1. The van der Waals surface area contributed by atoms with E-state index in [-0.39, 0.29) is 11.9 Å². The fourth-order valence-electron chi connectivity index (χ4n) is 6.01. The molecule has 3 aliphatic heterocycles. The van der Waals surface area contributed by atoms with E-state index >= 15 is 0 Å². The summed E-state index contributed by atoms with van der Waals surface area (Å²) in [5.74, 6) is 0.792. The first kappa shape index (κ1) is 19.8. The first-order valence-corrected chi connectivity index (χ1v) is 12.0. The number of benzene rings is 2. The van der Waals surface area contributed by atoms with Gasteiger partial charge in [0.2, 0.25) is 5.91 Å². The topological polar surface area (TPSA) is 62.7 Å². The maximum Gasteiger partial charge on any atom is 0.339 e. The van der Waals surface area contributed by atoms with Crippen LogP contribution < -0.4 is 4.90 Å². The van der Waals surface area contributed by atoms with Gasteiger partial charge < -0.3 is 14.5 Å². The van der Waals surface area contributed by atoms with Gasteiger partial charge in [0.15, 0.2) is 5.60 Å². The maximum absolute atomic E-state index is 13.7. The van der Waals surface area contributed by atoms with Gasteiger partial charge in [0.25, 0.3) is 0 Å². The Morgan fingerprint density at radius 3 is 2.35 bits per heavy atom. The molecule has 1 spiro atoms. The van der Waals surface area contributed by atoms with Gasteiger partial charge in [0.1, 0.15) is 5.82 Å². The molecule has 0 radical (unpaired) electrons. The number of aromatic nitrogens is 1. The van der Waals surface area contributed by atoms with E-state index < -0.39 is 11.0 Å². The van der Waals surface area contributed by atoms with E-state index in [1.165, 1.54) is 11.1 Å². The lowest BCUT2D eigenvalue weighted by molar-refractivity contribution is -0.134. The first-order valence-electron chi connectivity index (χ1n) is 12.0. The van der Waals surface area contributed by atoms with E-state index in [1.54, 1.807) is 0 Å². The van der Waals surface area contributed by atoms with Crippen LogP contribution in [0, 0.1) is 0 Å². The predicted octanol–water partition coefficient (Wildman–Crippen LogP) is 3.93. The molecule has 7 rings (SSSR count). The molecule has 6 heteroatoms. The Balaban J connectivity index is 1.10. The zero-order valence-corrected chi connectivity index (χ0v) is 18.9. The number of ether oxygens (including phenoxy) is 1. The van der Waals surface area contributed by atoms with Crippen LogP contribution in [-0.2, 0) is 33.6 Å². The number of hydrogen-bond donors (Lipinski definition) is 0. The smallest absolute Gasteiger partial charge is 0.339 e. The Labute approximate surface area is 198 Å². The molecule has 4 aliphatic rings. The highest BCUT2D eigenvalue weighted by molar-refractivity contribution is 5.96. The van der Waals surface area contributed by atoms with E-state index in [0.29, 0.717) is 25.1 Å². The van der Waals surface area contributed by atoms with Gasteiger partial charge in [-0.3, -0.25) is 4.79 Å². The molecular formula is C28H25N3O3. The Bertz CT molecular complexity index is 1310. The van der Waals surface area contributed by atoms with Crippen LogP contribution in [0.25, 0.3) is 0 Å². The summed E-state index contributed by atoms with van der Waals surface area (Å²) in [4.78, 5) is 35.0. The van der Waals surface area contributed by atoms with E-state index in [9.17, 15) is 9.59 Å². The summed E-state index contributed by atoms with van der Waals surface area (Å²) in [5, 5.41) is 0. The van der Waals surface area contributed by atoms with Crippen molar-refractivity contribution in [1.82, 2.24) is 9.88 Å². The lowest BCUT2D eigenvalue weighted by Gasteiger charge is -2.27. The SMILES string of the molecule is O=C1O[C@]2(CCN(C(=O)C3(c4ccc(N5Cc6ccccc6C5)nc4)CC3)C2)c2ccccc21. The standard InChI is InChI=1S/C28H25N3O3/c32-25-22-7-3-4-8-23(22)28(34-25)13-14-30(18-28)26(33)27(11-12-27)21-9-10-24(29-15-21)31-16-19-5-1-2-6-20(19)17-31/h1-10,15H,11-14,16-18H2/t28-/m0/s1. The second-order valence-corrected chi connectivity index (χ2v) is 10.0. The minimum Gasteiger partial charge on any atom is -0.449 e. The van der Waals surface area contributed by atoms with Crippen molar-refractivity contribution in [3.05, 3.63) is 94.7 Å². The van der Waals surface area contributed by atoms with Gasteiger partial charge in [0.05, 0.1) is 17.5 Å². The fourth-order valence-corrected chi connectivity index (χ4v) is 6.01. The van der Waals surface area contributed by atoms with Gasteiger partial charge in [-0.25, -0.2) is 9.78 Å². The van der Waals surface area contributed by atoms with E-state index in [0.717, 1.165) is 42.9 Å². The van der Waals surface area contributed by atoms with Gasteiger partial charge in [-0.05, 0) is 41.7 Å². The molecule has 0 N–H and O–H groups in total. The highest BCUT2D eigenvalue weighted by atomic mass is 16.6. The molecule has 6 nitrogen and oxygen atoms in total. The number of pyridine rings is 1. The zero-order valence-electron chi connectivity index (χ0n) is 18.9. The number of anilines is 1. The van der Waals surface area contributed by atoms with E-state index in [4.69, 9.17) is 9.72 Å². The molecule has 0 unspecified atom stereocenters. The van der Waals surface area contributed by atoms with Crippen molar-refractivity contribution in [3.63, 3.8) is 0 Å². The van der Waals surface area contributed by atoms with Gasteiger partial charge in [-0.15, -0.1) is 0 Å². The molecule has 2 aromatic carbocycles. The van der Waals surface area contributed by atoms with E-state index in [2.05, 4.69) is 41.3 Å². The number of rotatable bonds is 3. The van der Waals surface area contributed by atoms with Crippen LogP contribution in [0.1, 0.15) is 51.9 Å². The largest absolute Gasteiger partial charge is 0.449 e. The monoisotopic (exact) mass is 451 g/mol. The molecule has 1 atom stereocenters. The second-order valence-electron chi connectivity index (χ2n) is 10.0. The van der Waals surface area contributed by atoms with Crippen LogP contribution in [0.15, 0.2) is 66.9 Å². The fraction of sp³-hybridized carbons (Fsp3) is 0.321. The molecule has 4 heterocycles. The Morgan fingerprint density at radius 1 is 0.912 bits per heavy atom. The minimum absolute atomic E-state index is 0.132. The number of carbonyl (C=O) groups is 2. The molecule has 3 aromatic rings. The summed E-state index contributed by atoms with van der Waals surface area (Å²) in [6, 6.07) is 20.2. The Hall–Kier alpha value is -3.67. The quantitative estimate of drug-likeness (QED) is 0.565. The molecule has 1 aliphatic carbocycles. The summed E-state index contributed by atoms with van der Waals surface area (Å²) in [6.45, 7) is 2.75. The van der Waals surface area contributed by atoms with Crippen molar-refractivity contribution in [2.45, 2.75) is 43.4 Å². The van der Waals surface area contributed by atoms with Crippen LogP contribution in [0.4, 0.5) is 5.82 Å². The van der Waals surface area contributed by atoms with Crippen LogP contribution in [0.5, 0.6) is 0 Å². The maximum atomic E-state index is 13.7. The number of carbonyl (C=O) groups excluding carboxylic acids is 2. The first-order chi connectivity index (χ1) is 16.6. The molecule has 2 fully saturated rings. The van der Waals surface area contributed by atoms with Gasteiger partial charge in [0, 0.05) is 37.8 Å². The molecule has 0 bridgehead atoms. The average Bonchev–Trinajstić information content (AvgIpc) is 3.26. The Morgan fingerprint density at radius 2 is 1.65 bits per heavy atom. The third-order valence-corrected chi connectivity index (χ3v) is 8.07. The van der Waals surface area contributed by atoms with Gasteiger partial charge in [-0.2, -0.15) is 0 Å². The Kier molecular flexibility index (Phi) is 4.02. The molecule has 1 saturated carbocycles. The third-order valence-electron chi connectivity index (χ3n) is 8.07. The minimum atomic E-state index is -0.702.